The number of methoxy groups -OCH3 is 1. The Morgan fingerprint density at radius 3 is 2.72 bits per heavy atom. The first-order valence-corrected chi connectivity index (χ1v) is 13.1. The van der Waals surface area contributed by atoms with E-state index in [2.05, 4.69) is 21.5 Å². The second kappa shape index (κ2) is 11.0. The molecule has 10 nitrogen and oxygen atoms in total. The van der Waals surface area contributed by atoms with E-state index in [-0.39, 0.29) is 24.6 Å². The largest absolute Gasteiger partial charge is 0.393 e. The lowest BCUT2D eigenvalue weighted by Gasteiger charge is -2.26. The topological polar surface area (TPSA) is 110 Å². The molecule has 194 valence electrons. The van der Waals surface area contributed by atoms with Crippen molar-refractivity contribution in [2.24, 2.45) is 0 Å². The number of ether oxygens (including phenoxy) is 1. The number of nitrogens with zero attached hydrogens (tertiary/aromatic N) is 6. The number of aromatic nitrogens is 5. The van der Waals surface area contributed by atoms with Gasteiger partial charge in [0.15, 0.2) is 0 Å². The maximum atomic E-state index is 12.7. The van der Waals surface area contributed by atoms with Crippen LogP contribution in [0, 0.1) is 0 Å². The van der Waals surface area contributed by atoms with Crippen molar-refractivity contribution in [2.45, 2.75) is 76.5 Å². The second-order valence-electron chi connectivity index (χ2n) is 10.2. The molecule has 2 N–H and O–H groups in total. The molecule has 3 aromatic heterocycles. The summed E-state index contributed by atoms with van der Waals surface area (Å²) in [5.41, 5.74) is 3.97. The van der Waals surface area contributed by atoms with Crippen LogP contribution >= 0.6 is 0 Å². The Morgan fingerprint density at radius 2 is 1.97 bits per heavy atom. The maximum Gasteiger partial charge on any atom is 0.244 e. The number of likely N-dealkylation sites (tertiary alicyclic amines) is 1. The Morgan fingerprint density at radius 1 is 1.19 bits per heavy atom. The van der Waals surface area contributed by atoms with Gasteiger partial charge in [-0.15, -0.1) is 5.10 Å². The summed E-state index contributed by atoms with van der Waals surface area (Å²) < 4.78 is 8.96. The molecule has 1 saturated carbocycles. The molecule has 0 spiro atoms. The zero-order chi connectivity index (χ0) is 25.1. The molecule has 1 aliphatic carbocycles. The molecule has 0 radical (unpaired) electrons. The van der Waals surface area contributed by atoms with Gasteiger partial charge in [-0.3, -0.25) is 9.48 Å². The minimum absolute atomic E-state index is 0.0754. The number of piperidine rings is 1. The molecular formula is C26H37N7O3. The van der Waals surface area contributed by atoms with E-state index in [1.54, 1.807) is 11.8 Å². The molecule has 5 rings (SSSR count). The third-order valence-corrected chi connectivity index (χ3v) is 7.40. The highest BCUT2D eigenvalue weighted by Gasteiger charge is 2.26. The van der Waals surface area contributed by atoms with Crippen LogP contribution in [0.3, 0.4) is 0 Å². The van der Waals surface area contributed by atoms with Crippen molar-refractivity contribution >= 4 is 17.4 Å². The summed E-state index contributed by atoms with van der Waals surface area (Å²) in [7, 11) is 1.68. The van der Waals surface area contributed by atoms with Gasteiger partial charge < -0.3 is 20.1 Å². The molecule has 2 aliphatic rings. The summed E-state index contributed by atoms with van der Waals surface area (Å²) in [6.07, 6.45) is 12.2. The van der Waals surface area contributed by atoms with E-state index < -0.39 is 0 Å². The lowest BCUT2D eigenvalue weighted by molar-refractivity contribution is -0.132. The highest BCUT2D eigenvalue weighted by Crippen LogP contribution is 2.37. The molecule has 1 amide bonds. The average molecular weight is 496 g/mol. The van der Waals surface area contributed by atoms with Gasteiger partial charge in [-0.1, -0.05) is 0 Å². The number of hydrogen-bond donors (Lipinski definition) is 2. The Kier molecular flexibility index (Phi) is 7.52. The summed E-state index contributed by atoms with van der Waals surface area (Å²) in [6.45, 7) is 4.52. The number of rotatable bonds is 8. The van der Waals surface area contributed by atoms with Crippen LogP contribution in [-0.2, 0) is 16.1 Å². The summed E-state index contributed by atoms with van der Waals surface area (Å²) in [5, 5.41) is 22.7. The number of carbonyl (C=O) groups excluding carboxylic acids is 1. The first kappa shape index (κ1) is 24.7. The van der Waals surface area contributed by atoms with Crippen molar-refractivity contribution < 1.29 is 14.6 Å². The zero-order valence-corrected chi connectivity index (χ0v) is 21.3. The van der Waals surface area contributed by atoms with Crippen LogP contribution in [0.1, 0.15) is 63.5 Å². The second-order valence-corrected chi connectivity index (χ2v) is 10.2. The smallest absolute Gasteiger partial charge is 0.244 e. The predicted molar refractivity (Wildman–Crippen MR) is 137 cm³/mol. The summed E-state index contributed by atoms with van der Waals surface area (Å²) in [6, 6.07) is 2.26. The Hall–Kier alpha value is -2.98. The van der Waals surface area contributed by atoms with Crippen molar-refractivity contribution in [2.75, 3.05) is 32.1 Å². The van der Waals surface area contributed by atoms with Gasteiger partial charge in [0.25, 0.3) is 0 Å². The van der Waals surface area contributed by atoms with E-state index in [9.17, 15) is 9.90 Å². The monoisotopic (exact) mass is 495 g/mol. The molecular weight excluding hydrogens is 458 g/mol. The maximum absolute atomic E-state index is 12.7. The predicted octanol–water partition coefficient (Wildman–Crippen LogP) is 3.07. The van der Waals surface area contributed by atoms with Crippen LogP contribution in [0.2, 0.25) is 0 Å². The van der Waals surface area contributed by atoms with Gasteiger partial charge in [0.05, 0.1) is 30.6 Å². The molecule has 3 aromatic rings. The van der Waals surface area contributed by atoms with Crippen LogP contribution in [0.15, 0.2) is 24.7 Å². The standard InChI is InChI=1S/C26H37N7O3/c1-18(17-36-2)29-26-27-14-24-22(12-23(33(24)30-26)19-6-8-21(34)9-7-19)20-13-28-32(15-20)16-25(35)31-10-4-3-5-11-31/h12-15,18-19,21,34H,3-11,16-17H2,1-2H3,(H,29,30)/t18-,19?,21?/m0/s1. The molecule has 1 aliphatic heterocycles. The van der Waals surface area contributed by atoms with Crippen molar-refractivity contribution in [3.63, 3.8) is 0 Å². The number of fused-ring (bicyclic) bond motifs is 1. The van der Waals surface area contributed by atoms with E-state index in [0.29, 0.717) is 18.5 Å². The van der Waals surface area contributed by atoms with Gasteiger partial charge in [-0.2, -0.15) is 5.10 Å². The number of nitrogens with one attached hydrogen (secondary N) is 1. The van der Waals surface area contributed by atoms with Crippen LogP contribution in [0.5, 0.6) is 0 Å². The molecule has 0 aromatic carbocycles. The van der Waals surface area contributed by atoms with Crippen LogP contribution in [0.4, 0.5) is 5.95 Å². The summed E-state index contributed by atoms with van der Waals surface area (Å²) in [4.78, 5) is 19.3. The SMILES string of the molecule is COC[C@H](C)Nc1ncc2c(-c3cnn(CC(=O)N4CCCCC4)c3)cc(C3CCC(O)CC3)n2n1. The first-order valence-electron chi connectivity index (χ1n) is 13.1. The van der Waals surface area contributed by atoms with Gasteiger partial charge in [-0.25, -0.2) is 9.50 Å². The van der Waals surface area contributed by atoms with E-state index >= 15 is 0 Å². The minimum Gasteiger partial charge on any atom is -0.393 e. The average Bonchev–Trinajstić information content (AvgIpc) is 3.49. The Labute approximate surface area is 211 Å². The van der Waals surface area contributed by atoms with Gasteiger partial charge >= 0.3 is 0 Å². The van der Waals surface area contributed by atoms with E-state index in [0.717, 1.165) is 74.0 Å². The molecule has 0 bridgehead atoms. The van der Waals surface area contributed by atoms with E-state index in [4.69, 9.17) is 9.84 Å². The Bertz CT molecular complexity index is 1180. The summed E-state index contributed by atoms with van der Waals surface area (Å²) in [5.74, 6) is 0.982. The number of aliphatic hydroxyl groups excluding tert-OH is 1. The fraction of sp³-hybridized carbons (Fsp3) is 0.615. The minimum atomic E-state index is -0.218. The van der Waals surface area contributed by atoms with Crippen LogP contribution < -0.4 is 5.32 Å². The first-order chi connectivity index (χ1) is 17.5. The van der Waals surface area contributed by atoms with Gasteiger partial charge in [0, 0.05) is 55.2 Å². The Balaban J connectivity index is 1.44. The van der Waals surface area contributed by atoms with Gasteiger partial charge in [0.2, 0.25) is 11.9 Å². The van der Waals surface area contributed by atoms with Crippen molar-refractivity contribution in [3.05, 3.63) is 30.4 Å². The number of aliphatic hydroxyl groups is 1. The number of amides is 1. The van der Waals surface area contributed by atoms with Crippen molar-refractivity contribution in [1.82, 2.24) is 29.3 Å². The number of hydrogen-bond acceptors (Lipinski definition) is 7. The van der Waals surface area contributed by atoms with E-state index in [1.165, 1.54) is 6.42 Å². The normalized spacial score (nSPS) is 21.6. The van der Waals surface area contributed by atoms with Gasteiger partial charge in [-0.05, 0) is 57.9 Å². The molecule has 2 fully saturated rings. The van der Waals surface area contributed by atoms with E-state index in [1.807, 2.05) is 34.9 Å². The molecule has 1 saturated heterocycles. The fourth-order valence-corrected chi connectivity index (χ4v) is 5.46. The molecule has 36 heavy (non-hydrogen) atoms. The molecule has 10 heteroatoms. The highest BCUT2D eigenvalue weighted by atomic mass is 16.5. The molecule has 4 heterocycles. The number of anilines is 1. The van der Waals surface area contributed by atoms with Crippen molar-refractivity contribution in [1.29, 1.82) is 0 Å². The lowest BCUT2D eigenvalue weighted by Crippen LogP contribution is -2.37. The third kappa shape index (κ3) is 5.39. The van der Waals surface area contributed by atoms with Crippen molar-refractivity contribution in [3.8, 4) is 11.1 Å². The van der Waals surface area contributed by atoms with Crippen LogP contribution in [0.25, 0.3) is 16.6 Å². The van der Waals surface area contributed by atoms with Gasteiger partial charge in [0.1, 0.15) is 6.54 Å². The third-order valence-electron chi connectivity index (χ3n) is 7.40. The van der Waals surface area contributed by atoms with Crippen LogP contribution in [-0.4, -0.2) is 79.2 Å². The quantitative estimate of drug-likeness (QED) is 0.494. The highest BCUT2D eigenvalue weighted by molar-refractivity contribution is 5.81. The molecule has 0 unspecified atom stereocenters. The zero-order valence-electron chi connectivity index (χ0n) is 21.3. The lowest BCUT2D eigenvalue weighted by atomic mass is 9.85. The number of carbonyl (C=O) groups is 1. The fourth-order valence-electron chi connectivity index (χ4n) is 5.46. The summed E-state index contributed by atoms with van der Waals surface area (Å²) >= 11 is 0. The molecule has 1 atom stereocenters.